The number of carbonyl (C=O) groups excluding carboxylic acids is 1. The summed E-state index contributed by atoms with van der Waals surface area (Å²) in [5, 5.41) is 2.88. The Labute approximate surface area is 122 Å². The van der Waals surface area contributed by atoms with E-state index in [1.165, 1.54) is 0 Å². The molecule has 1 aliphatic carbocycles. The molecule has 0 aromatic heterocycles. The fourth-order valence-corrected chi connectivity index (χ4v) is 3.64. The van der Waals surface area contributed by atoms with E-state index in [1.54, 1.807) is 0 Å². The molecule has 3 atom stereocenters. The van der Waals surface area contributed by atoms with Crippen molar-refractivity contribution < 1.29 is 18.6 Å². The average Bonchev–Trinajstić information content (AvgIpc) is 2.60. The first kappa shape index (κ1) is 17.4. The van der Waals surface area contributed by atoms with Crippen LogP contribution in [0.25, 0.3) is 0 Å². The minimum absolute atomic E-state index is 0.00398. The Balaban J connectivity index is 2.29. The van der Waals surface area contributed by atoms with Gasteiger partial charge in [0.15, 0.2) is 6.16 Å². The highest BCUT2D eigenvalue weighted by molar-refractivity contribution is 7.39. The van der Waals surface area contributed by atoms with Gasteiger partial charge in [-0.25, -0.2) is 4.79 Å². The standard InChI is InChI=1S/C14H26NO4P/c1-10(2)19-20(17)9-11-6-7-12(8-11)15-13(16)18-14(3,4)5/h10-12H,6-9H2,1-5H3/p+1/t11-,12+/m0/s1. The van der Waals surface area contributed by atoms with Crippen LogP contribution in [-0.4, -0.2) is 30.0 Å². The highest BCUT2D eigenvalue weighted by atomic mass is 31.1. The summed E-state index contributed by atoms with van der Waals surface area (Å²) in [5.41, 5.74) is -0.476. The lowest BCUT2D eigenvalue weighted by Gasteiger charge is -2.21. The Bertz CT molecular complexity index is 352. The fraction of sp³-hybridized carbons (Fsp3) is 0.929. The van der Waals surface area contributed by atoms with Crippen LogP contribution in [0.5, 0.6) is 0 Å². The van der Waals surface area contributed by atoms with Crippen molar-refractivity contribution in [1.29, 1.82) is 0 Å². The second kappa shape index (κ2) is 7.37. The third-order valence-electron chi connectivity index (χ3n) is 3.00. The van der Waals surface area contributed by atoms with Gasteiger partial charge < -0.3 is 10.1 Å². The summed E-state index contributed by atoms with van der Waals surface area (Å²) in [6, 6.07) is 0.122. The Morgan fingerprint density at radius 2 is 2.00 bits per heavy atom. The normalized spacial score (nSPS) is 23.8. The Hall–Kier alpha value is -0.670. The number of rotatable bonds is 5. The molecule has 0 aromatic rings. The number of nitrogens with one attached hydrogen (secondary N) is 1. The van der Waals surface area contributed by atoms with Gasteiger partial charge in [-0.2, -0.15) is 0 Å². The molecule has 0 bridgehead atoms. The third kappa shape index (κ3) is 7.20. The SMILES string of the molecule is CC(C)O[P+](=O)C[C@H]1CC[C@@H](NC(=O)OC(C)(C)C)C1. The molecule has 0 aliphatic heterocycles. The molecule has 0 heterocycles. The molecule has 1 saturated carbocycles. The van der Waals surface area contributed by atoms with Gasteiger partial charge in [0.05, 0.1) is 0 Å². The summed E-state index contributed by atoms with van der Waals surface area (Å²) >= 11 is 0. The maximum absolute atomic E-state index is 11.7. The van der Waals surface area contributed by atoms with Gasteiger partial charge in [0.25, 0.3) is 0 Å². The summed E-state index contributed by atoms with van der Waals surface area (Å²) in [4.78, 5) is 11.7. The van der Waals surface area contributed by atoms with Crippen molar-refractivity contribution in [2.45, 2.75) is 71.6 Å². The van der Waals surface area contributed by atoms with Gasteiger partial charge in [-0.05, 0) is 58.4 Å². The molecule has 1 fully saturated rings. The number of carbonyl (C=O) groups is 1. The third-order valence-corrected chi connectivity index (χ3v) is 4.47. The van der Waals surface area contributed by atoms with E-state index in [0.717, 1.165) is 19.3 Å². The van der Waals surface area contributed by atoms with Crippen LogP contribution in [-0.2, 0) is 13.8 Å². The lowest BCUT2D eigenvalue weighted by atomic mass is 10.1. The molecule has 0 saturated heterocycles. The van der Waals surface area contributed by atoms with E-state index in [9.17, 15) is 9.36 Å². The van der Waals surface area contributed by atoms with E-state index in [0.29, 0.717) is 12.1 Å². The molecule has 0 aromatic carbocycles. The number of amides is 1. The van der Waals surface area contributed by atoms with Crippen LogP contribution in [0.3, 0.4) is 0 Å². The van der Waals surface area contributed by atoms with E-state index in [4.69, 9.17) is 9.26 Å². The topological polar surface area (TPSA) is 64.6 Å². The van der Waals surface area contributed by atoms with Crippen LogP contribution in [0, 0.1) is 5.92 Å². The van der Waals surface area contributed by atoms with E-state index in [2.05, 4.69) is 5.32 Å². The molecule has 5 nitrogen and oxygen atoms in total. The van der Waals surface area contributed by atoms with Crippen LogP contribution in [0.15, 0.2) is 0 Å². The van der Waals surface area contributed by atoms with Gasteiger partial charge in [-0.15, -0.1) is 4.52 Å². The Kier molecular flexibility index (Phi) is 6.41. The molecule has 6 heteroatoms. The lowest BCUT2D eigenvalue weighted by Crippen LogP contribution is -2.38. The van der Waals surface area contributed by atoms with Crippen LogP contribution in [0.4, 0.5) is 4.79 Å². The van der Waals surface area contributed by atoms with Crippen LogP contribution in [0.2, 0.25) is 0 Å². The first-order valence-electron chi connectivity index (χ1n) is 7.26. The minimum Gasteiger partial charge on any atom is -0.444 e. The Morgan fingerprint density at radius 1 is 1.35 bits per heavy atom. The number of alkyl carbamates (subject to hydrolysis) is 1. The molecule has 116 valence electrons. The number of ether oxygens (including phenoxy) is 1. The van der Waals surface area contributed by atoms with Gasteiger partial charge in [0.2, 0.25) is 0 Å². The van der Waals surface area contributed by atoms with Gasteiger partial charge >= 0.3 is 14.1 Å². The van der Waals surface area contributed by atoms with Crippen molar-refractivity contribution in [2.75, 3.05) is 6.16 Å². The highest BCUT2D eigenvalue weighted by Crippen LogP contribution is 2.35. The average molecular weight is 304 g/mol. The summed E-state index contributed by atoms with van der Waals surface area (Å²) < 4.78 is 22.3. The predicted molar refractivity (Wildman–Crippen MR) is 79.2 cm³/mol. The van der Waals surface area contributed by atoms with Crippen molar-refractivity contribution in [1.82, 2.24) is 5.32 Å². The van der Waals surface area contributed by atoms with Gasteiger partial charge in [0, 0.05) is 12.0 Å². The zero-order chi connectivity index (χ0) is 15.3. The molecule has 0 spiro atoms. The van der Waals surface area contributed by atoms with E-state index in [-0.39, 0.29) is 18.2 Å². The van der Waals surface area contributed by atoms with E-state index < -0.39 is 13.6 Å². The molecule has 1 N–H and O–H groups in total. The second-order valence-corrected chi connectivity index (χ2v) is 7.93. The highest BCUT2D eigenvalue weighted by Gasteiger charge is 2.34. The molecule has 1 unspecified atom stereocenters. The zero-order valence-electron chi connectivity index (χ0n) is 13.1. The molecule has 1 amide bonds. The predicted octanol–water partition coefficient (Wildman–Crippen LogP) is 3.85. The zero-order valence-corrected chi connectivity index (χ0v) is 14.0. The van der Waals surface area contributed by atoms with Crippen LogP contribution >= 0.6 is 8.03 Å². The van der Waals surface area contributed by atoms with Crippen molar-refractivity contribution in [3.63, 3.8) is 0 Å². The first-order valence-corrected chi connectivity index (χ1v) is 8.63. The quantitative estimate of drug-likeness (QED) is 0.784. The second-order valence-electron chi connectivity index (χ2n) is 6.69. The summed E-state index contributed by atoms with van der Waals surface area (Å²) in [7, 11) is -1.59. The summed E-state index contributed by atoms with van der Waals surface area (Å²) in [5.74, 6) is 0.359. The largest absolute Gasteiger partial charge is 0.508 e. The maximum Gasteiger partial charge on any atom is 0.508 e. The monoisotopic (exact) mass is 304 g/mol. The smallest absolute Gasteiger partial charge is 0.444 e. The fourth-order valence-electron chi connectivity index (χ4n) is 2.34. The molecule has 20 heavy (non-hydrogen) atoms. The van der Waals surface area contributed by atoms with Crippen molar-refractivity contribution in [2.24, 2.45) is 5.92 Å². The molecule has 1 rings (SSSR count). The van der Waals surface area contributed by atoms with Crippen molar-refractivity contribution in [3.05, 3.63) is 0 Å². The summed E-state index contributed by atoms with van der Waals surface area (Å²) in [6.45, 7) is 9.30. The molecular formula is C14H27NO4P+. The van der Waals surface area contributed by atoms with Crippen LogP contribution in [0.1, 0.15) is 53.9 Å². The maximum atomic E-state index is 11.7. The van der Waals surface area contributed by atoms with E-state index >= 15 is 0 Å². The first-order chi connectivity index (χ1) is 9.15. The van der Waals surface area contributed by atoms with E-state index in [1.807, 2.05) is 34.6 Å². The molecule has 0 radical (unpaired) electrons. The van der Waals surface area contributed by atoms with Crippen LogP contribution < -0.4 is 5.32 Å². The van der Waals surface area contributed by atoms with Gasteiger partial charge in [0.1, 0.15) is 11.7 Å². The minimum atomic E-state index is -1.59. The lowest BCUT2D eigenvalue weighted by molar-refractivity contribution is 0.0505. The Morgan fingerprint density at radius 3 is 2.55 bits per heavy atom. The molecule has 1 aliphatic rings. The van der Waals surface area contributed by atoms with Crippen molar-refractivity contribution >= 4 is 14.1 Å². The number of hydrogen-bond acceptors (Lipinski definition) is 4. The number of hydrogen-bond donors (Lipinski definition) is 1. The summed E-state index contributed by atoms with van der Waals surface area (Å²) in [6.07, 6.45) is 2.95. The van der Waals surface area contributed by atoms with Crippen molar-refractivity contribution in [3.8, 4) is 0 Å². The van der Waals surface area contributed by atoms with Gasteiger partial charge in [-0.1, -0.05) is 0 Å². The van der Waals surface area contributed by atoms with Gasteiger partial charge in [-0.3, -0.25) is 0 Å². The molecular weight excluding hydrogens is 277 g/mol.